The van der Waals surface area contributed by atoms with Crippen LogP contribution in [0.3, 0.4) is 0 Å². The van der Waals surface area contributed by atoms with Gasteiger partial charge in [-0.05, 0) is 6.92 Å². The smallest absolute Gasteiger partial charge is 0.221 e. The molecule has 0 radical (unpaired) electrons. The minimum atomic E-state index is -3.01. The first kappa shape index (κ1) is 13.9. The predicted octanol–water partition coefficient (Wildman–Crippen LogP) is -0.961. The Balaban J connectivity index is 2.34. The van der Waals surface area contributed by atoms with Gasteiger partial charge in [0.15, 0.2) is 9.84 Å². The molecular weight excluding hydrogens is 242 g/mol. The van der Waals surface area contributed by atoms with Crippen molar-refractivity contribution in [3.05, 3.63) is 0 Å². The summed E-state index contributed by atoms with van der Waals surface area (Å²) in [6, 6.07) is 1.70. The maximum absolute atomic E-state index is 11.5. The van der Waals surface area contributed by atoms with Crippen LogP contribution < -0.4 is 10.6 Å². The number of rotatable bonds is 4. The van der Waals surface area contributed by atoms with Crippen LogP contribution in [0.4, 0.5) is 0 Å². The zero-order chi connectivity index (χ0) is 12.9. The molecule has 1 rings (SSSR count). The van der Waals surface area contributed by atoms with Gasteiger partial charge in [0.25, 0.3) is 0 Å². The van der Waals surface area contributed by atoms with Crippen molar-refractivity contribution in [3.8, 4) is 6.07 Å². The molecule has 2 atom stereocenters. The molecular formula is C10H17N3O3S. The summed E-state index contributed by atoms with van der Waals surface area (Å²) in [7, 11) is -3.01. The molecule has 1 heterocycles. The van der Waals surface area contributed by atoms with Crippen molar-refractivity contribution in [2.24, 2.45) is 5.92 Å². The molecule has 0 aliphatic carbocycles. The van der Waals surface area contributed by atoms with Crippen LogP contribution in [-0.4, -0.2) is 45.0 Å². The molecule has 7 heteroatoms. The average molecular weight is 259 g/mol. The quantitative estimate of drug-likeness (QED) is 0.677. The Hall–Kier alpha value is -1.13. The summed E-state index contributed by atoms with van der Waals surface area (Å²) in [5.74, 6) is -0.311. The van der Waals surface area contributed by atoms with Gasteiger partial charge in [-0.25, -0.2) is 8.42 Å². The second-order valence-corrected chi connectivity index (χ2v) is 6.53. The molecule has 1 fully saturated rings. The first-order valence-corrected chi connectivity index (χ1v) is 7.35. The molecule has 0 aromatic carbocycles. The van der Waals surface area contributed by atoms with Crippen molar-refractivity contribution in [1.82, 2.24) is 10.6 Å². The van der Waals surface area contributed by atoms with E-state index in [0.717, 1.165) is 0 Å². The van der Waals surface area contributed by atoms with E-state index in [1.165, 1.54) is 0 Å². The van der Waals surface area contributed by atoms with Crippen molar-refractivity contribution < 1.29 is 13.2 Å². The van der Waals surface area contributed by atoms with Gasteiger partial charge in [-0.15, -0.1) is 0 Å². The van der Waals surface area contributed by atoms with Crippen LogP contribution in [0.25, 0.3) is 0 Å². The molecule has 6 nitrogen and oxygen atoms in total. The number of amides is 1. The highest BCUT2D eigenvalue weighted by molar-refractivity contribution is 7.91. The van der Waals surface area contributed by atoms with Crippen LogP contribution in [0.5, 0.6) is 0 Å². The number of carbonyl (C=O) groups excluding carboxylic acids is 1. The van der Waals surface area contributed by atoms with E-state index in [-0.39, 0.29) is 35.8 Å². The lowest BCUT2D eigenvalue weighted by atomic mass is 10.2. The lowest BCUT2D eigenvalue weighted by Gasteiger charge is -2.23. The van der Waals surface area contributed by atoms with E-state index in [2.05, 4.69) is 10.6 Å². The van der Waals surface area contributed by atoms with Gasteiger partial charge < -0.3 is 10.6 Å². The van der Waals surface area contributed by atoms with E-state index in [1.54, 1.807) is 6.92 Å². The van der Waals surface area contributed by atoms with Crippen LogP contribution >= 0.6 is 0 Å². The Labute approximate surface area is 101 Å². The maximum Gasteiger partial charge on any atom is 0.221 e. The average Bonchev–Trinajstić information content (AvgIpc) is 2.24. The van der Waals surface area contributed by atoms with E-state index >= 15 is 0 Å². The van der Waals surface area contributed by atoms with E-state index in [4.69, 9.17) is 5.26 Å². The fraction of sp³-hybridized carbons (Fsp3) is 0.800. The summed E-state index contributed by atoms with van der Waals surface area (Å²) in [4.78, 5) is 11.5. The molecule has 1 amide bonds. The molecule has 1 aliphatic rings. The summed E-state index contributed by atoms with van der Waals surface area (Å²) in [6.07, 6.45) is 0.136. The Morgan fingerprint density at radius 2 is 2.35 bits per heavy atom. The molecule has 0 bridgehead atoms. The Morgan fingerprint density at radius 3 is 2.94 bits per heavy atom. The predicted molar refractivity (Wildman–Crippen MR) is 62.8 cm³/mol. The summed E-state index contributed by atoms with van der Waals surface area (Å²) in [5.41, 5.74) is 0. The molecule has 0 saturated carbocycles. The van der Waals surface area contributed by atoms with Crippen LogP contribution in [0.15, 0.2) is 0 Å². The minimum Gasteiger partial charge on any atom is -0.355 e. The molecule has 0 spiro atoms. The van der Waals surface area contributed by atoms with Gasteiger partial charge in [-0.1, -0.05) is 0 Å². The second-order valence-electron chi connectivity index (χ2n) is 4.30. The topological polar surface area (TPSA) is 99.1 Å². The largest absolute Gasteiger partial charge is 0.355 e. The zero-order valence-corrected chi connectivity index (χ0v) is 10.6. The van der Waals surface area contributed by atoms with Crippen LogP contribution in [0.1, 0.15) is 13.3 Å². The third-order valence-corrected chi connectivity index (χ3v) is 4.30. The van der Waals surface area contributed by atoms with E-state index in [0.29, 0.717) is 13.1 Å². The van der Waals surface area contributed by atoms with Gasteiger partial charge in [-0.3, -0.25) is 4.79 Å². The fourth-order valence-electron chi connectivity index (χ4n) is 1.61. The Morgan fingerprint density at radius 1 is 1.65 bits per heavy atom. The first-order chi connectivity index (χ1) is 7.93. The first-order valence-electron chi connectivity index (χ1n) is 5.53. The van der Waals surface area contributed by atoms with Crippen molar-refractivity contribution in [1.29, 1.82) is 5.26 Å². The van der Waals surface area contributed by atoms with Crippen molar-refractivity contribution in [2.75, 3.05) is 24.6 Å². The van der Waals surface area contributed by atoms with Crippen molar-refractivity contribution >= 4 is 15.7 Å². The van der Waals surface area contributed by atoms with Crippen LogP contribution in [0, 0.1) is 17.2 Å². The highest BCUT2D eigenvalue weighted by atomic mass is 32.2. The molecule has 0 aromatic heterocycles. The van der Waals surface area contributed by atoms with Gasteiger partial charge in [0, 0.05) is 25.6 Å². The van der Waals surface area contributed by atoms with E-state index in [9.17, 15) is 13.2 Å². The van der Waals surface area contributed by atoms with Crippen molar-refractivity contribution in [3.63, 3.8) is 0 Å². The van der Waals surface area contributed by atoms with Gasteiger partial charge in [-0.2, -0.15) is 5.26 Å². The van der Waals surface area contributed by atoms with Gasteiger partial charge in [0.05, 0.1) is 23.5 Å². The standard InChI is InChI=1S/C10H17N3O3S/c1-8(5-11)6-13-10(14)4-9-7-17(15,16)3-2-12-9/h8-9,12H,2-4,6-7H2,1H3,(H,13,14). The fourth-order valence-corrected chi connectivity index (χ4v) is 3.05. The minimum absolute atomic E-state index is 0.00816. The summed E-state index contributed by atoms with van der Waals surface area (Å²) >= 11 is 0. The van der Waals surface area contributed by atoms with Gasteiger partial charge in [0.1, 0.15) is 0 Å². The number of sulfone groups is 1. The number of nitriles is 1. The van der Waals surface area contributed by atoms with Gasteiger partial charge >= 0.3 is 0 Å². The lowest BCUT2D eigenvalue weighted by Crippen LogP contribution is -2.47. The van der Waals surface area contributed by atoms with Crippen LogP contribution in [0.2, 0.25) is 0 Å². The SMILES string of the molecule is CC(C#N)CNC(=O)CC1CS(=O)(=O)CCN1. The maximum atomic E-state index is 11.5. The second kappa shape index (κ2) is 5.98. The molecule has 1 aliphatic heterocycles. The molecule has 17 heavy (non-hydrogen) atoms. The summed E-state index contributed by atoms with van der Waals surface area (Å²) < 4.78 is 22.7. The van der Waals surface area contributed by atoms with E-state index in [1.807, 2.05) is 6.07 Å². The molecule has 96 valence electrons. The summed E-state index contributed by atoms with van der Waals surface area (Å²) in [6.45, 7) is 2.41. The number of carbonyl (C=O) groups is 1. The molecule has 2 N–H and O–H groups in total. The lowest BCUT2D eigenvalue weighted by molar-refractivity contribution is -0.121. The van der Waals surface area contributed by atoms with Crippen molar-refractivity contribution in [2.45, 2.75) is 19.4 Å². The van der Waals surface area contributed by atoms with Gasteiger partial charge in [0.2, 0.25) is 5.91 Å². The number of nitrogens with one attached hydrogen (secondary N) is 2. The zero-order valence-electron chi connectivity index (χ0n) is 9.77. The third-order valence-electron chi connectivity index (χ3n) is 2.56. The molecule has 0 aromatic rings. The Bertz CT molecular complexity index is 413. The summed E-state index contributed by atoms with van der Waals surface area (Å²) in [5, 5.41) is 14.2. The molecule has 1 saturated heterocycles. The molecule has 2 unspecified atom stereocenters. The van der Waals surface area contributed by atoms with Crippen LogP contribution in [-0.2, 0) is 14.6 Å². The highest BCUT2D eigenvalue weighted by Crippen LogP contribution is 2.04. The normalized spacial score (nSPS) is 24.6. The number of hydrogen-bond donors (Lipinski definition) is 2. The third kappa shape index (κ3) is 5.15. The highest BCUT2D eigenvalue weighted by Gasteiger charge is 2.25. The number of hydrogen-bond acceptors (Lipinski definition) is 5. The monoisotopic (exact) mass is 259 g/mol. The number of nitrogens with zero attached hydrogens (tertiary/aromatic N) is 1. The Kier molecular flexibility index (Phi) is 4.90. The van der Waals surface area contributed by atoms with E-state index < -0.39 is 9.84 Å².